The first-order valence-corrected chi connectivity index (χ1v) is 11.5. The number of aromatic nitrogens is 1. The van der Waals surface area contributed by atoms with E-state index in [4.69, 9.17) is 4.74 Å². The molecule has 5 nitrogen and oxygen atoms in total. The van der Waals surface area contributed by atoms with Crippen LogP contribution in [0.3, 0.4) is 0 Å². The summed E-state index contributed by atoms with van der Waals surface area (Å²) in [5.74, 6) is -0.933. The summed E-state index contributed by atoms with van der Waals surface area (Å²) in [5, 5.41) is 0. The van der Waals surface area contributed by atoms with E-state index in [1.165, 1.54) is 12.1 Å². The van der Waals surface area contributed by atoms with Crippen LogP contribution in [0.5, 0.6) is 0 Å². The first kappa shape index (κ1) is 23.5. The molecule has 4 rings (SSSR count). The molecule has 178 valence electrons. The van der Waals surface area contributed by atoms with Crippen molar-refractivity contribution >= 4 is 11.7 Å². The Kier molecular flexibility index (Phi) is 6.66. The molecule has 2 aliphatic heterocycles. The topological polar surface area (TPSA) is 51.5 Å². The molecule has 1 aromatic heterocycles. The van der Waals surface area contributed by atoms with Gasteiger partial charge in [-0.15, -0.1) is 0 Å². The van der Waals surface area contributed by atoms with Gasteiger partial charge in [-0.3, -0.25) is 9.59 Å². The molecule has 1 amide bonds. The molecule has 0 saturated carbocycles. The number of ketones is 1. The molecule has 2 aromatic rings. The molecule has 1 fully saturated rings. The molecule has 0 aliphatic carbocycles. The van der Waals surface area contributed by atoms with Crippen molar-refractivity contribution in [1.82, 2.24) is 9.47 Å². The van der Waals surface area contributed by atoms with Crippen LogP contribution >= 0.6 is 0 Å². The lowest BCUT2D eigenvalue weighted by atomic mass is 9.87. The smallest absolute Gasteiger partial charge is 0.373 e. The Morgan fingerprint density at radius 2 is 1.97 bits per heavy atom. The van der Waals surface area contributed by atoms with E-state index in [0.29, 0.717) is 43.1 Å². The minimum atomic E-state index is -4.48. The molecule has 3 heterocycles. The fourth-order valence-electron chi connectivity index (χ4n) is 5.04. The zero-order valence-electron chi connectivity index (χ0n) is 19.0. The Bertz CT molecular complexity index is 1040. The van der Waals surface area contributed by atoms with Gasteiger partial charge in [-0.25, -0.2) is 0 Å². The highest BCUT2D eigenvalue weighted by Crippen LogP contribution is 2.38. The average Bonchev–Trinajstić information content (AvgIpc) is 3.40. The third kappa shape index (κ3) is 4.58. The summed E-state index contributed by atoms with van der Waals surface area (Å²) >= 11 is 0. The van der Waals surface area contributed by atoms with E-state index in [0.717, 1.165) is 18.9 Å². The van der Waals surface area contributed by atoms with Gasteiger partial charge >= 0.3 is 6.18 Å². The zero-order chi connectivity index (χ0) is 23.8. The quantitative estimate of drug-likeness (QED) is 0.538. The van der Waals surface area contributed by atoms with Crippen molar-refractivity contribution < 1.29 is 27.5 Å². The molecule has 0 spiro atoms. The summed E-state index contributed by atoms with van der Waals surface area (Å²) in [5.41, 5.74) is 0.963. The van der Waals surface area contributed by atoms with Crippen molar-refractivity contribution in [1.29, 1.82) is 0 Å². The maximum absolute atomic E-state index is 13.6. The number of hydrogen-bond donors (Lipinski definition) is 0. The van der Waals surface area contributed by atoms with Gasteiger partial charge in [0.05, 0.1) is 35.7 Å². The minimum Gasteiger partial charge on any atom is -0.373 e. The van der Waals surface area contributed by atoms with Gasteiger partial charge in [-0.05, 0) is 49.8 Å². The van der Waals surface area contributed by atoms with E-state index >= 15 is 0 Å². The Morgan fingerprint density at radius 1 is 1.21 bits per heavy atom. The predicted octanol–water partition coefficient (Wildman–Crippen LogP) is 5.43. The summed E-state index contributed by atoms with van der Waals surface area (Å²) in [6.07, 6.45) is -2.25. The molecule has 0 radical (unpaired) electrons. The number of rotatable bonds is 6. The van der Waals surface area contributed by atoms with Crippen LogP contribution in [0.1, 0.15) is 83.1 Å². The van der Waals surface area contributed by atoms with Crippen molar-refractivity contribution in [2.75, 3.05) is 13.2 Å². The molecule has 8 heteroatoms. The Morgan fingerprint density at radius 3 is 2.64 bits per heavy atom. The number of carbonyl (C=O) groups excluding carboxylic acids is 2. The van der Waals surface area contributed by atoms with Gasteiger partial charge in [-0.2, -0.15) is 13.2 Å². The second kappa shape index (κ2) is 9.33. The van der Waals surface area contributed by atoms with E-state index in [9.17, 15) is 22.8 Å². The van der Waals surface area contributed by atoms with Crippen molar-refractivity contribution in [2.45, 2.75) is 70.8 Å². The van der Waals surface area contributed by atoms with Crippen LogP contribution in [0.25, 0.3) is 0 Å². The number of halogens is 3. The molecule has 0 N–H and O–H groups in total. The predicted molar refractivity (Wildman–Crippen MR) is 117 cm³/mol. The van der Waals surface area contributed by atoms with Gasteiger partial charge in [0.2, 0.25) is 0 Å². The molecule has 1 aromatic carbocycles. The van der Waals surface area contributed by atoms with Crippen LogP contribution in [0.15, 0.2) is 30.3 Å². The van der Waals surface area contributed by atoms with Crippen molar-refractivity contribution in [3.05, 3.63) is 58.4 Å². The fourth-order valence-corrected chi connectivity index (χ4v) is 5.04. The fraction of sp³-hybridized carbons (Fsp3) is 0.520. The standard InChI is InChI=1S/C25H29F3N2O3/c1-3-17(18-8-4-5-9-20(18)25(26,27)28)13-23(31)21-14-19(22-15-33-12-11-30(21)22)24(32)29-10-6-7-16(29)2/h4-5,8-9,14,16-17H,3,6-7,10-13,15H2,1-2H3/t16-,17-/m0/s1. The molecule has 33 heavy (non-hydrogen) atoms. The summed E-state index contributed by atoms with van der Waals surface area (Å²) in [4.78, 5) is 28.4. The number of alkyl halides is 3. The van der Waals surface area contributed by atoms with Crippen molar-refractivity contribution in [3.63, 3.8) is 0 Å². The average molecular weight is 463 g/mol. The van der Waals surface area contributed by atoms with Crippen LogP contribution in [0.2, 0.25) is 0 Å². The van der Waals surface area contributed by atoms with Crippen LogP contribution in [0.4, 0.5) is 13.2 Å². The monoisotopic (exact) mass is 462 g/mol. The molecular weight excluding hydrogens is 433 g/mol. The molecule has 0 unspecified atom stereocenters. The van der Waals surface area contributed by atoms with Crippen LogP contribution in [-0.4, -0.2) is 40.4 Å². The number of benzene rings is 1. The number of carbonyl (C=O) groups is 2. The third-order valence-corrected chi connectivity index (χ3v) is 6.87. The number of ether oxygens (including phenoxy) is 1. The van der Waals surface area contributed by atoms with E-state index in [1.54, 1.807) is 19.1 Å². The van der Waals surface area contributed by atoms with Crippen LogP contribution in [0, 0.1) is 0 Å². The Hall–Kier alpha value is -2.61. The van der Waals surface area contributed by atoms with E-state index in [1.807, 2.05) is 16.4 Å². The first-order valence-electron chi connectivity index (χ1n) is 11.5. The van der Waals surface area contributed by atoms with Crippen LogP contribution in [-0.2, 0) is 24.1 Å². The second-order valence-electron chi connectivity index (χ2n) is 8.90. The number of nitrogens with zero attached hydrogens (tertiary/aromatic N) is 2. The van der Waals surface area contributed by atoms with E-state index in [2.05, 4.69) is 0 Å². The van der Waals surface area contributed by atoms with Gasteiger partial charge < -0.3 is 14.2 Å². The molecular formula is C25H29F3N2O3. The SMILES string of the molecule is CC[C@@H](CC(=O)c1cc(C(=O)N2CCC[C@@H]2C)c2n1CCOC2)c1ccccc1C(F)(F)F. The number of Topliss-reactive ketones (excluding diaryl/α,β-unsaturated/α-hetero) is 1. The molecule has 0 bridgehead atoms. The van der Waals surface area contributed by atoms with E-state index in [-0.39, 0.29) is 36.3 Å². The number of amides is 1. The van der Waals surface area contributed by atoms with Crippen LogP contribution < -0.4 is 0 Å². The summed E-state index contributed by atoms with van der Waals surface area (Å²) < 4.78 is 48.1. The molecule has 1 saturated heterocycles. The first-order chi connectivity index (χ1) is 15.7. The largest absolute Gasteiger partial charge is 0.416 e. The second-order valence-corrected chi connectivity index (χ2v) is 8.90. The lowest BCUT2D eigenvalue weighted by Crippen LogP contribution is -2.34. The maximum atomic E-state index is 13.6. The summed E-state index contributed by atoms with van der Waals surface area (Å²) in [7, 11) is 0. The maximum Gasteiger partial charge on any atom is 0.416 e. The number of likely N-dealkylation sites (tertiary alicyclic amines) is 1. The number of fused-ring (bicyclic) bond motifs is 1. The lowest BCUT2D eigenvalue weighted by Gasteiger charge is -2.23. The minimum absolute atomic E-state index is 0.0539. The van der Waals surface area contributed by atoms with Gasteiger partial charge in [0.1, 0.15) is 0 Å². The highest BCUT2D eigenvalue weighted by molar-refractivity contribution is 6.02. The summed E-state index contributed by atoms with van der Waals surface area (Å²) in [6.45, 7) is 5.58. The lowest BCUT2D eigenvalue weighted by molar-refractivity contribution is -0.138. The number of hydrogen-bond acceptors (Lipinski definition) is 3. The van der Waals surface area contributed by atoms with Crippen molar-refractivity contribution in [2.24, 2.45) is 0 Å². The highest BCUT2D eigenvalue weighted by atomic mass is 19.4. The van der Waals surface area contributed by atoms with Gasteiger partial charge in [0.25, 0.3) is 5.91 Å². The van der Waals surface area contributed by atoms with Gasteiger partial charge in [0.15, 0.2) is 5.78 Å². The normalized spacial score (nSPS) is 19.4. The van der Waals surface area contributed by atoms with E-state index < -0.39 is 17.7 Å². The zero-order valence-corrected chi connectivity index (χ0v) is 19.0. The summed E-state index contributed by atoms with van der Waals surface area (Å²) in [6, 6.07) is 7.22. The highest BCUT2D eigenvalue weighted by Gasteiger charge is 2.36. The van der Waals surface area contributed by atoms with Gasteiger partial charge in [-0.1, -0.05) is 25.1 Å². The molecule has 2 atom stereocenters. The van der Waals surface area contributed by atoms with Gasteiger partial charge in [0, 0.05) is 25.6 Å². The Balaban J connectivity index is 1.65. The Labute approximate surface area is 191 Å². The third-order valence-electron chi connectivity index (χ3n) is 6.87. The van der Waals surface area contributed by atoms with Crippen molar-refractivity contribution in [3.8, 4) is 0 Å². The molecule has 2 aliphatic rings.